The van der Waals surface area contributed by atoms with Crippen molar-refractivity contribution in [2.24, 2.45) is 10.2 Å². The Balaban J connectivity index is 1.23. The van der Waals surface area contributed by atoms with Gasteiger partial charge in [0.05, 0.1) is 17.4 Å². The van der Waals surface area contributed by atoms with Gasteiger partial charge in [0, 0.05) is 37.5 Å². The Hall–Kier alpha value is -2.78. The van der Waals surface area contributed by atoms with Crippen LogP contribution in [0.4, 0.5) is 0 Å². The average molecular weight is 423 g/mol. The molecule has 1 amide bonds. The SMILES string of the molecule is O=C(c1ccc2nsnc2c1)N1CCN(C2=NN=C(c3ccccc3)CS2)CC1. The summed E-state index contributed by atoms with van der Waals surface area (Å²) < 4.78 is 8.42. The van der Waals surface area contributed by atoms with Crippen LogP contribution in [0.15, 0.2) is 58.7 Å². The highest BCUT2D eigenvalue weighted by molar-refractivity contribution is 8.14. The molecule has 5 rings (SSSR count). The number of amides is 1. The molecule has 0 atom stereocenters. The number of benzene rings is 2. The average Bonchev–Trinajstić information content (AvgIpc) is 3.27. The van der Waals surface area contributed by atoms with Crippen molar-refractivity contribution in [1.29, 1.82) is 0 Å². The maximum atomic E-state index is 12.9. The van der Waals surface area contributed by atoms with Crippen LogP contribution in [-0.4, -0.2) is 67.3 Å². The molecule has 0 aliphatic carbocycles. The van der Waals surface area contributed by atoms with Crippen molar-refractivity contribution in [3.63, 3.8) is 0 Å². The monoisotopic (exact) mass is 422 g/mol. The van der Waals surface area contributed by atoms with Crippen LogP contribution in [0.2, 0.25) is 0 Å². The predicted molar refractivity (Wildman–Crippen MR) is 118 cm³/mol. The van der Waals surface area contributed by atoms with Gasteiger partial charge in [-0.05, 0) is 23.8 Å². The predicted octanol–water partition coefficient (Wildman–Crippen LogP) is 2.96. The largest absolute Gasteiger partial charge is 0.346 e. The van der Waals surface area contributed by atoms with Crippen LogP contribution in [0.5, 0.6) is 0 Å². The Morgan fingerprint density at radius 3 is 2.45 bits per heavy atom. The van der Waals surface area contributed by atoms with Gasteiger partial charge in [-0.15, -0.1) is 5.10 Å². The van der Waals surface area contributed by atoms with Gasteiger partial charge in [0.1, 0.15) is 11.0 Å². The summed E-state index contributed by atoms with van der Waals surface area (Å²) in [5.41, 5.74) is 4.39. The van der Waals surface area contributed by atoms with Crippen molar-refractivity contribution in [3.05, 3.63) is 59.7 Å². The van der Waals surface area contributed by atoms with E-state index in [1.165, 1.54) is 11.7 Å². The van der Waals surface area contributed by atoms with E-state index in [1.54, 1.807) is 11.8 Å². The summed E-state index contributed by atoms with van der Waals surface area (Å²) in [5, 5.41) is 9.81. The number of piperazine rings is 1. The molecule has 2 aliphatic rings. The summed E-state index contributed by atoms with van der Waals surface area (Å²) in [6, 6.07) is 15.7. The molecule has 0 saturated carbocycles. The Kier molecular flexibility index (Phi) is 4.99. The van der Waals surface area contributed by atoms with Gasteiger partial charge in [-0.25, -0.2) is 0 Å². The Bertz CT molecular complexity index is 1100. The van der Waals surface area contributed by atoms with E-state index in [9.17, 15) is 4.79 Å². The number of hydrogen-bond donors (Lipinski definition) is 0. The summed E-state index contributed by atoms with van der Waals surface area (Å²) in [5.74, 6) is 0.853. The number of rotatable bonds is 2. The zero-order valence-electron chi connectivity index (χ0n) is 15.6. The van der Waals surface area contributed by atoms with Crippen LogP contribution in [0.3, 0.4) is 0 Å². The van der Waals surface area contributed by atoms with E-state index in [2.05, 4.69) is 36.0 Å². The summed E-state index contributed by atoms with van der Waals surface area (Å²) in [7, 11) is 0. The lowest BCUT2D eigenvalue weighted by Gasteiger charge is -2.36. The second kappa shape index (κ2) is 7.92. The molecule has 0 N–H and O–H groups in total. The molecule has 0 radical (unpaired) electrons. The van der Waals surface area contributed by atoms with Crippen molar-refractivity contribution in [2.75, 3.05) is 31.9 Å². The molecule has 7 nitrogen and oxygen atoms in total. The number of carbonyl (C=O) groups excluding carboxylic acids is 1. The quantitative estimate of drug-likeness (QED) is 0.635. The second-order valence-electron chi connectivity index (χ2n) is 6.83. The first-order valence-corrected chi connectivity index (χ1v) is 11.1. The highest BCUT2D eigenvalue weighted by Gasteiger charge is 2.26. The first kappa shape index (κ1) is 18.3. The molecular formula is C20H18N6OS2. The topological polar surface area (TPSA) is 74.1 Å². The third kappa shape index (κ3) is 3.75. The van der Waals surface area contributed by atoms with Crippen LogP contribution in [-0.2, 0) is 0 Å². The number of hydrogen-bond acceptors (Lipinski definition) is 8. The maximum Gasteiger partial charge on any atom is 0.254 e. The molecule has 2 aromatic carbocycles. The standard InChI is InChI=1S/C20H18N6OS2/c27-19(15-6-7-16-17(12-15)24-29-23-16)25-8-10-26(11-9-25)20-22-21-18(13-28-20)14-4-2-1-3-5-14/h1-7,12H,8-11,13H2. The minimum absolute atomic E-state index is 0.0437. The van der Waals surface area contributed by atoms with Crippen molar-refractivity contribution in [2.45, 2.75) is 0 Å². The fourth-order valence-corrected chi connectivity index (χ4v) is 4.89. The summed E-state index contributed by atoms with van der Waals surface area (Å²) in [6.07, 6.45) is 0. The third-order valence-corrected chi connectivity index (χ3v) is 6.61. The van der Waals surface area contributed by atoms with Gasteiger partial charge in [-0.3, -0.25) is 4.79 Å². The lowest BCUT2D eigenvalue weighted by Crippen LogP contribution is -2.50. The Morgan fingerprint density at radius 1 is 0.897 bits per heavy atom. The summed E-state index contributed by atoms with van der Waals surface area (Å²) >= 11 is 2.87. The van der Waals surface area contributed by atoms with E-state index < -0.39 is 0 Å². The molecule has 0 spiro atoms. The number of thioether (sulfide) groups is 1. The number of aromatic nitrogens is 2. The maximum absolute atomic E-state index is 12.9. The van der Waals surface area contributed by atoms with E-state index >= 15 is 0 Å². The van der Waals surface area contributed by atoms with Gasteiger partial charge >= 0.3 is 0 Å². The molecule has 1 aromatic heterocycles. The van der Waals surface area contributed by atoms with Gasteiger partial charge in [0.15, 0.2) is 5.17 Å². The molecule has 1 saturated heterocycles. The molecule has 3 aromatic rings. The zero-order chi connectivity index (χ0) is 19.6. The highest BCUT2D eigenvalue weighted by Crippen LogP contribution is 2.21. The van der Waals surface area contributed by atoms with Gasteiger partial charge in [-0.1, -0.05) is 42.1 Å². The third-order valence-electron chi connectivity index (χ3n) is 5.04. The minimum atomic E-state index is 0.0437. The lowest BCUT2D eigenvalue weighted by atomic mass is 10.1. The molecule has 3 heterocycles. The van der Waals surface area contributed by atoms with Crippen molar-refractivity contribution < 1.29 is 4.79 Å². The molecule has 0 bridgehead atoms. The van der Waals surface area contributed by atoms with E-state index in [0.717, 1.165) is 46.3 Å². The molecule has 1 fully saturated rings. The zero-order valence-corrected chi connectivity index (χ0v) is 17.2. The first-order chi connectivity index (χ1) is 14.3. The lowest BCUT2D eigenvalue weighted by molar-refractivity contribution is 0.0693. The second-order valence-corrected chi connectivity index (χ2v) is 8.30. The van der Waals surface area contributed by atoms with Crippen LogP contribution >= 0.6 is 23.5 Å². The van der Waals surface area contributed by atoms with Crippen LogP contribution in [0.1, 0.15) is 15.9 Å². The minimum Gasteiger partial charge on any atom is -0.346 e. The molecule has 0 unspecified atom stereocenters. The molecule has 2 aliphatic heterocycles. The Morgan fingerprint density at radius 2 is 1.69 bits per heavy atom. The van der Waals surface area contributed by atoms with Crippen molar-refractivity contribution >= 4 is 51.3 Å². The fraction of sp³-hybridized carbons (Fsp3) is 0.250. The molecule has 146 valence electrons. The molecule has 9 heteroatoms. The van der Waals surface area contributed by atoms with Crippen molar-refractivity contribution in [1.82, 2.24) is 18.5 Å². The smallest absolute Gasteiger partial charge is 0.254 e. The number of nitrogens with zero attached hydrogens (tertiary/aromatic N) is 6. The van der Waals surface area contributed by atoms with Gasteiger partial charge in [-0.2, -0.15) is 13.8 Å². The van der Waals surface area contributed by atoms with Crippen LogP contribution in [0.25, 0.3) is 11.0 Å². The normalized spacial score (nSPS) is 17.2. The fourth-order valence-electron chi connectivity index (χ4n) is 3.42. The molecular weight excluding hydrogens is 404 g/mol. The number of carbonyl (C=O) groups is 1. The number of fused-ring (bicyclic) bond motifs is 1. The van der Waals surface area contributed by atoms with E-state index in [-0.39, 0.29) is 5.91 Å². The van der Waals surface area contributed by atoms with E-state index in [0.29, 0.717) is 18.7 Å². The molecule has 29 heavy (non-hydrogen) atoms. The summed E-state index contributed by atoms with van der Waals surface area (Å²) in [6.45, 7) is 2.85. The first-order valence-electron chi connectivity index (χ1n) is 9.37. The van der Waals surface area contributed by atoms with Crippen LogP contribution < -0.4 is 0 Å². The van der Waals surface area contributed by atoms with Gasteiger partial charge < -0.3 is 9.80 Å². The number of amidine groups is 1. The van der Waals surface area contributed by atoms with Crippen molar-refractivity contribution in [3.8, 4) is 0 Å². The van der Waals surface area contributed by atoms with Gasteiger partial charge in [0.2, 0.25) is 0 Å². The van der Waals surface area contributed by atoms with E-state index in [1.807, 2.05) is 41.3 Å². The summed E-state index contributed by atoms with van der Waals surface area (Å²) in [4.78, 5) is 17.0. The van der Waals surface area contributed by atoms with Crippen LogP contribution in [0, 0.1) is 0 Å². The highest BCUT2D eigenvalue weighted by atomic mass is 32.2. The van der Waals surface area contributed by atoms with Gasteiger partial charge in [0.25, 0.3) is 5.91 Å². The Labute approximate surface area is 176 Å². The van der Waals surface area contributed by atoms with E-state index in [4.69, 9.17) is 0 Å².